The Bertz CT molecular complexity index is 353. The fourth-order valence-electron chi connectivity index (χ4n) is 2.35. The number of nitrogens with zero attached hydrogens (tertiary/aromatic N) is 2. The molecule has 0 spiro atoms. The first kappa shape index (κ1) is 8.26. The summed E-state index contributed by atoms with van der Waals surface area (Å²) < 4.78 is 0. The molecule has 74 valence electrons. The SMILES string of the molecule is OC1CCC2Cc3ccccc3[N-]N12. The largest absolute Gasteiger partial charge is 0.617 e. The van der Waals surface area contributed by atoms with Crippen LogP contribution in [-0.2, 0) is 6.42 Å². The van der Waals surface area contributed by atoms with Crippen LogP contribution in [-0.4, -0.2) is 22.4 Å². The molecular formula is C11H13N2O-. The van der Waals surface area contributed by atoms with Crippen molar-refractivity contribution in [3.05, 3.63) is 35.3 Å². The van der Waals surface area contributed by atoms with Gasteiger partial charge in [-0.25, -0.2) is 0 Å². The second-order valence-corrected chi connectivity index (χ2v) is 4.02. The van der Waals surface area contributed by atoms with Gasteiger partial charge in [-0.1, -0.05) is 29.8 Å². The summed E-state index contributed by atoms with van der Waals surface area (Å²) in [5.41, 5.74) is 6.80. The summed E-state index contributed by atoms with van der Waals surface area (Å²) >= 11 is 0. The number of aliphatic hydroxyl groups excluding tert-OH is 1. The first-order chi connectivity index (χ1) is 6.84. The Morgan fingerprint density at radius 1 is 1.29 bits per heavy atom. The average Bonchev–Trinajstić information content (AvgIpc) is 2.57. The van der Waals surface area contributed by atoms with Gasteiger partial charge >= 0.3 is 0 Å². The minimum absolute atomic E-state index is 0.367. The molecule has 14 heavy (non-hydrogen) atoms. The number of hydrogen-bond donors (Lipinski definition) is 1. The van der Waals surface area contributed by atoms with Gasteiger partial charge < -0.3 is 15.5 Å². The molecule has 1 aromatic rings. The van der Waals surface area contributed by atoms with Gasteiger partial charge in [0.15, 0.2) is 0 Å². The predicted molar refractivity (Wildman–Crippen MR) is 54.0 cm³/mol. The van der Waals surface area contributed by atoms with Crippen LogP contribution >= 0.6 is 0 Å². The van der Waals surface area contributed by atoms with E-state index in [0.717, 1.165) is 24.9 Å². The number of fused-ring (bicyclic) bond motifs is 2. The Labute approximate surface area is 83.3 Å². The van der Waals surface area contributed by atoms with Crippen LogP contribution in [0, 0.1) is 0 Å². The molecule has 2 aliphatic heterocycles. The highest BCUT2D eigenvalue weighted by Crippen LogP contribution is 2.40. The summed E-state index contributed by atoms with van der Waals surface area (Å²) in [6.45, 7) is 0. The Hall–Kier alpha value is -1.06. The normalized spacial score (nSPS) is 30.6. The van der Waals surface area contributed by atoms with Crippen molar-refractivity contribution in [3.63, 3.8) is 0 Å². The third-order valence-corrected chi connectivity index (χ3v) is 3.11. The van der Waals surface area contributed by atoms with Crippen molar-refractivity contribution in [1.29, 1.82) is 0 Å². The molecule has 2 unspecified atom stereocenters. The van der Waals surface area contributed by atoms with Crippen LogP contribution in [0.4, 0.5) is 5.69 Å². The van der Waals surface area contributed by atoms with E-state index in [9.17, 15) is 5.11 Å². The molecule has 2 heterocycles. The molecule has 0 saturated carbocycles. The molecular weight excluding hydrogens is 176 g/mol. The zero-order chi connectivity index (χ0) is 9.54. The lowest BCUT2D eigenvalue weighted by atomic mass is 10.0. The molecule has 2 atom stereocenters. The summed E-state index contributed by atoms with van der Waals surface area (Å²) in [4.78, 5) is 0. The molecule has 0 amide bonds. The van der Waals surface area contributed by atoms with Crippen molar-refractivity contribution in [2.24, 2.45) is 0 Å². The molecule has 0 aromatic heterocycles. The van der Waals surface area contributed by atoms with Gasteiger partial charge in [0.1, 0.15) is 0 Å². The highest BCUT2D eigenvalue weighted by Gasteiger charge is 2.29. The molecule has 3 heteroatoms. The van der Waals surface area contributed by atoms with Gasteiger partial charge in [0.2, 0.25) is 0 Å². The Kier molecular flexibility index (Phi) is 1.75. The minimum Gasteiger partial charge on any atom is -0.617 e. The minimum atomic E-state index is -0.367. The molecule has 3 nitrogen and oxygen atoms in total. The van der Waals surface area contributed by atoms with Crippen LogP contribution in [0.5, 0.6) is 0 Å². The summed E-state index contributed by atoms with van der Waals surface area (Å²) in [5.74, 6) is 0. The van der Waals surface area contributed by atoms with E-state index in [1.54, 1.807) is 0 Å². The molecule has 0 aliphatic carbocycles. The number of rotatable bonds is 0. The van der Waals surface area contributed by atoms with E-state index in [4.69, 9.17) is 0 Å². The molecule has 1 N–H and O–H groups in total. The third kappa shape index (κ3) is 1.13. The van der Waals surface area contributed by atoms with E-state index in [2.05, 4.69) is 17.6 Å². The lowest BCUT2D eigenvalue weighted by Gasteiger charge is -2.47. The van der Waals surface area contributed by atoms with Crippen LogP contribution in [0.3, 0.4) is 0 Å². The van der Waals surface area contributed by atoms with Crippen LogP contribution < -0.4 is 0 Å². The molecule has 3 rings (SSSR count). The zero-order valence-electron chi connectivity index (χ0n) is 7.93. The second kappa shape index (κ2) is 2.97. The molecule has 1 aromatic carbocycles. The van der Waals surface area contributed by atoms with Gasteiger partial charge in [0.05, 0.1) is 6.23 Å². The summed E-state index contributed by atoms with van der Waals surface area (Å²) in [7, 11) is 0. The molecule has 1 saturated heterocycles. The van der Waals surface area contributed by atoms with E-state index in [1.165, 1.54) is 5.56 Å². The Morgan fingerprint density at radius 2 is 2.14 bits per heavy atom. The molecule has 0 radical (unpaired) electrons. The average molecular weight is 189 g/mol. The lowest BCUT2D eigenvalue weighted by Crippen LogP contribution is -2.35. The van der Waals surface area contributed by atoms with Crippen molar-refractivity contribution >= 4 is 5.69 Å². The number of aliphatic hydroxyl groups is 1. The molecule has 0 bridgehead atoms. The molecule has 2 aliphatic rings. The summed E-state index contributed by atoms with van der Waals surface area (Å²) in [6, 6.07) is 8.60. The van der Waals surface area contributed by atoms with Crippen molar-refractivity contribution in [1.82, 2.24) is 5.01 Å². The highest BCUT2D eigenvalue weighted by molar-refractivity contribution is 5.56. The monoisotopic (exact) mass is 189 g/mol. The van der Waals surface area contributed by atoms with Crippen LogP contribution in [0.15, 0.2) is 24.3 Å². The van der Waals surface area contributed by atoms with E-state index in [-0.39, 0.29) is 6.23 Å². The van der Waals surface area contributed by atoms with E-state index in [1.807, 2.05) is 17.1 Å². The first-order valence-electron chi connectivity index (χ1n) is 5.10. The maximum absolute atomic E-state index is 9.68. The van der Waals surface area contributed by atoms with E-state index >= 15 is 0 Å². The summed E-state index contributed by atoms with van der Waals surface area (Å²) in [6.07, 6.45) is 2.56. The number of hydrogen-bond acceptors (Lipinski definition) is 2. The second-order valence-electron chi connectivity index (χ2n) is 4.02. The van der Waals surface area contributed by atoms with Crippen LogP contribution in [0.1, 0.15) is 18.4 Å². The van der Waals surface area contributed by atoms with Crippen LogP contribution in [0.2, 0.25) is 0 Å². The highest BCUT2D eigenvalue weighted by atomic mass is 16.3. The van der Waals surface area contributed by atoms with Crippen molar-refractivity contribution < 1.29 is 5.11 Å². The van der Waals surface area contributed by atoms with Gasteiger partial charge in [0, 0.05) is 6.04 Å². The van der Waals surface area contributed by atoms with Gasteiger partial charge in [-0.05, 0) is 19.3 Å². The zero-order valence-corrected chi connectivity index (χ0v) is 7.93. The van der Waals surface area contributed by atoms with E-state index in [0.29, 0.717) is 6.04 Å². The Morgan fingerprint density at radius 3 is 3.07 bits per heavy atom. The fourth-order valence-corrected chi connectivity index (χ4v) is 2.35. The lowest BCUT2D eigenvalue weighted by molar-refractivity contribution is 0.0451. The van der Waals surface area contributed by atoms with Gasteiger partial charge in [0.25, 0.3) is 0 Å². The topological polar surface area (TPSA) is 37.6 Å². The maximum Gasteiger partial charge on any atom is 0.0939 e. The standard InChI is InChI=1S/C11H13N2O/c14-11-6-5-9-7-8-3-1-2-4-10(8)12-13(9)11/h1-4,9,11,14H,5-7H2/q-1. The third-order valence-electron chi connectivity index (χ3n) is 3.11. The number of benzene rings is 1. The van der Waals surface area contributed by atoms with Gasteiger partial charge in [-0.3, -0.25) is 0 Å². The van der Waals surface area contributed by atoms with Crippen LogP contribution in [0.25, 0.3) is 5.43 Å². The predicted octanol–water partition coefficient (Wildman–Crippen LogP) is 1.95. The van der Waals surface area contributed by atoms with Gasteiger partial charge in [-0.2, -0.15) is 0 Å². The smallest absolute Gasteiger partial charge is 0.0939 e. The summed E-state index contributed by atoms with van der Waals surface area (Å²) in [5, 5.41) is 11.5. The van der Waals surface area contributed by atoms with Crippen molar-refractivity contribution in [2.45, 2.75) is 31.5 Å². The van der Waals surface area contributed by atoms with Gasteiger partial charge in [-0.15, -0.1) is 5.69 Å². The fraction of sp³-hybridized carbons (Fsp3) is 0.455. The first-order valence-corrected chi connectivity index (χ1v) is 5.10. The van der Waals surface area contributed by atoms with E-state index < -0.39 is 0 Å². The van der Waals surface area contributed by atoms with Crippen molar-refractivity contribution in [2.75, 3.05) is 0 Å². The van der Waals surface area contributed by atoms with Crippen molar-refractivity contribution in [3.8, 4) is 0 Å². The Balaban J connectivity index is 1.95. The maximum atomic E-state index is 9.68. The molecule has 1 fully saturated rings. The quantitative estimate of drug-likeness (QED) is 0.677.